The molecule has 0 unspecified atom stereocenters. The molecule has 0 rings (SSSR count). The van der Waals surface area contributed by atoms with Crippen LogP contribution in [0, 0.1) is 0 Å². The summed E-state index contributed by atoms with van der Waals surface area (Å²) in [4.78, 5) is 21.4. The Morgan fingerprint density at radius 1 is 1.15 bits per heavy atom. The third-order valence-corrected chi connectivity index (χ3v) is 1.40. The van der Waals surface area contributed by atoms with Crippen molar-refractivity contribution in [2.45, 2.75) is 27.2 Å². The first-order chi connectivity index (χ1) is 5.66. The van der Waals surface area contributed by atoms with Crippen LogP contribution in [0.5, 0.6) is 0 Å². The lowest BCUT2D eigenvalue weighted by Crippen LogP contribution is -2.28. The monoisotopic (exact) mass is 188 g/mol. The molecule has 0 aromatic carbocycles. The summed E-state index contributed by atoms with van der Waals surface area (Å²) in [5, 5.41) is 5.52. The van der Waals surface area contributed by atoms with Crippen molar-refractivity contribution in [3.8, 4) is 0 Å². The first-order valence-corrected chi connectivity index (χ1v) is 4.07. The fourth-order valence-electron chi connectivity index (χ4n) is 0.705. The van der Waals surface area contributed by atoms with E-state index in [9.17, 15) is 9.59 Å². The zero-order valence-electron chi connectivity index (χ0n) is 7.64. The Balaban J connectivity index is 0. The van der Waals surface area contributed by atoms with E-state index in [4.69, 9.17) is 0 Å². The quantitative estimate of drug-likeness (QED) is 0.631. The summed E-state index contributed by atoms with van der Waals surface area (Å²) in [5.74, 6) is 0.0921. The second kappa shape index (κ2) is 9.19. The van der Waals surface area contributed by atoms with E-state index < -0.39 is 0 Å². The van der Waals surface area contributed by atoms with Crippen molar-refractivity contribution in [3.63, 3.8) is 0 Å². The van der Waals surface area contributed by atoms with Crippen LogP contribution < -0.4 is 10.6 Å². The van der Waals surface area contributed by atoms with Crippen molar-refractivity contribution in [1.29, 1.82) is 0 Å². The molecule has 4 nitrogen and oxygen atoms in total. The van der Waals surface area contributed by atoms with Gasteiger partial charge in [0.1, 0.15) is 5.78 Å². The summed E-state index contributed by atoms with van der Waals surface area (Å²) in [7, 11) is 1.79. The predicted molar refractivity (Wildman–Crippen MR) is 53.6 cm³/mol. The number of ketones is 1. The third kappa shape index (κ3) is 11.1. The zero-order valence-corrected chi connectivity index (χ0v) is 7.64. The second-order valence-electron chi connectivity index (χ2n) is 2.66. The van der Waals surface area contributed by atoms with Gasteiger partial charge >= 0.3 is 0 Å². The second-order valence-corrected chi connectivity index (χ2v) is 2.66. The third-order valence-electron chi connectivity index (χ3n) is 1.40. The van der Waals surface area contributed by atoms with Gasteiger partial charge in [0.25, 0.3) is 0 Å². The summed E-state index contributed by atoms with van der Waals surface area (Å²) in [6.07, 6.45) is 0.889. The molecule has 0 aromatic heterocycles. The molecule has 0 atom stereocenters. The number of carbonyl (C=O) groups excluding carboxylic acids is 2. The van der Waals surface area contributed by atoms with Crippen LogP contribution in [0.25, 0.3) is 0 Å². The molecule has 0 aliphatic rings. The van der Waals surface area contributed by atoms with Crippen LogP contribution in [0.3, 0.4) is 0 Å². The topological polar surface area (TPSA) is 58.2 Å². The van der Waals surface area contributed by atoms with Crippen molar-refractivity contribution in [2.75, 3.05) is 20.1 Å². The van der Waals surface area contributed by atoms with Crippen LogP contribution in [0.15, 0.2) is 0 Å². The molecule has 0 aliphatic carbocycles. The molecule has 0 radical (unpaired) electrons. The number of nitrogens with one attached hydrogen (secondary N) is 2. The maximum Gasteiger partial charge on any atom is 0.221 e. The molecular formula is C9H20N2O2. The first kappa shape index (κ1) is 14.6. The number of rotatable bonds is 6. The molecule has 0 fully saturated rings. The van der Waals surface area contributed by atoms with Crippen molar-refractivity contribution in [1.82, 2.24) is 10.6 Å². The molecule has 0 saturated carbocycles. The highest BCUT2D eigenvalue weighted by atomic mass is 16.1. The maximum absolute atomic E-state index is 10.9. The smallest absolute Gasteiger partial charge is 0.221 e. The Labute approximate surface area is 80.1 Å². The lowest BCUT2D eigenvalue weighted by atomic mass is 10.3. The van der Waals surface area contributed by atoms with Crippen LogP contribution in [0.4, 0.5) is 0 Å². The Bertz CT molecular complexity index is 158. The molecule has 0 spiro atoms. The largest absolute Gasteiger partial charge is 0.356 e. The molecular weight excluding hydrogens is 168 g/mol. The summed E-state index contributed by atoms with van der Waals surface area (Å²) >= 11 is 0. The van der Waals surface area contributed by atoms with E-state index in [-0.39, 0.29) is 19.1 Å². The van der Waals surface area contributed by atoms with Gasteiger partial charge in [0.15, 0.2) is 0 Å². The van der Waals surface area contributed by atoms with E-state index in [2.05, 4.69) is 10.6 Å². The maximum atomic E-state index is 10.9. The summed E-state index contributed by atoms with van der Waals surface area (Å²) in [6.45, 7) is 2.64. The van der Waals surface area contributed by atoms with Gasteiger partial charge < -0.3 is 10.6 Å². The molecule has 0 bridgehead atoms. The number of hydrogen-bond acceptors (Lipinski definition) is 3. The first-order valence-electron chi connectivity index (χ1n) is 4.07. The molecule has 4 heteroatoms. The van der Waals surface area contributed by atoms with Gasteiger partial charge in [-0.1, -0.05) is 7.43 Å². The molecule has 0 saturated heterocycles. The average Bonchev–Trinajstić information content (AvgIpc) is 2.00. The van der Waals surface area contributed by atoms with Gasteiger partial charge in [-0.15, -0.1) is 0 Å². The van der Waals surface area contributed by atoms with Gasteiger partial charge in [0, 0.05) is 25.9 Å². The zero-order chi connectivity index (χ0) is 9.40. The number of Topliss-reactive ketones (excluding diaryl/α,β-unsaturated/α-hetero) is 1. The van der Waals surface area contributed by atoms with Crippen LogP contribution in [0.1, 0.15) is 27.2 Å². The Kier molecular flexibility index (Phi) is 10.3. The Morgan fingerprint density at radius 3 is 2.23 bits per heavy atom. The van der Waals surface area contributed by atoms with Crippen molar-refractivity contribution >= 4 is 11.7 Å². The lowest BCUT2D eigenvalue weighted by molar-refractivity contribution is -0.121. The highest BCUT2D eigenvalue weighted by Gasteiger charge is 1.99. The predicted octanol–water partition coefficient (Wildman–Crippen LogP) is 0.327. The van der Waals surface area contributed by atoms with Crippen LogP contribution in [-0.2, 0) is 9.59 Å². The number of amides is 1. The minimum atomic E-state index is -0.00870. The molecule has 13 heavy (non-hydrogen) atoms. The standard InChI is InChI=1S/C8H16N2O2.CH4/c1-7(11)3-6-10-8(12)4-5-9-2;/h9H,3-6H2,1-2H3,(H,10,12);1H4. The highest BCUT2D eigenvalue weighted by Crippen LogP contribution is 1.80. The van der Waals surface area contributed by atoms with E-state index >= 15 is 0 Å². The number of carbonyl (C=O) groups is 2. The summed E-state index contributed by atoms with van der Waals surface area (Å²) in [5.41, 5.74) is 0. The van der Waals surface area contributed by atoms with Crippen LogP contribution in [-0.4, -0.2) is 31.8 Å². The van der Waals surface area contributed by atoms with Crippen molar-refractivity contribution < 1.29 is 9.59 Å². The average molecular weight is 188 g/mol. The molecule has 78 valence electrons. The molecule has 0 heterocycles. The van der Waals surface area contributed by atoms with E-state index in [0.717, 1.165) is 0 Å². The van der Waals surface area contributed by atoms with Gasteiger partial charge in [0.2, 0.25) is 5.91 Å². The number of hydrogen-bond donors (Lipinski definition) is 2. The van der Waals surface area contributed by atoms with Gasteiger partial charge in [0.05, 0.1) is 0 Å². The minimum absolute atomic E-state index is 0. The minimum Gasteiger partial charge on any atom is -0.356 e. The van der Waals surface area contributed by atoms with E-state index in [1.54, 1.807) is 7.05 Å². The summed E-state index contributed by atoms with van der Waals surface area (Å²) < 4.78 is 0. The fourth-order valence-corrected chi connectivity index (χ4v) is 0.705. The molecule has 1 amide bonds. The van der Waals surface area contributed by atoms with Gasteiger partial charge in [-0.25, -0.2) is 0 Å². The lowest BCUT2D eigenvalue weighted by Gasteiger charge is -2.02. The van der Waals surface area contributed by atoms with E-state index in [0.29, 0.717) is 25.9 Å². The van der Waals surface area contributed by atoms with Crippen LogP contribution in [0.2, 0.25) is 0 Å². The van der Waals surface area contributed by atoms with Gasteiger partial charge in [-0.05, 0) is 14.0 Å². The SMILES string of the molecule is C.CNCCC(=O)NCCC(C)=O. The Hall–Kier alpha value is -0.900. The van der Waals surface area contributed by atoms with E-state index in [1.165, 1.54) is 6.92 Å². The van der Waals surface area contributed by atoms with Gasteiger partial charge in [-0.2, -0.15) is 0 Å². The fraction of sp³-hybridized carbons (Fsp3) is 0.778. The van der Waals surface area contributed by atoms with Crippen LogP contribution >= 0.6 is 0 Å². The normalized spacial score (nSPS) is 8.77. The van der Waals surface area contributed by atoms with Crippen molar-refractivity contribution in [3.05, 3.63) is 0 Å². The summed E-state index contributed by atoms with van der Waals surface area (Å²) in [6, 6.07) is 0. The van der Waals surface area contributed by atoms with Gasteiger partial charge in [-0.3, -0.25) is 9.59 Å². The molecule has 0 aliphatic heterocycles. The van der Waals surface area contributed by atoms with E-state index in [1.807, 2.05) is 0 Å². The highest BCUT2D eigenvalue weighted by molar-refractivity contribution is 5.78. The Morgan fingerprint density at radius 2 is 1.77 bits per heavy atom. The molecule has 2 N–H and O–H groups in total. The molecule has 0 aromatic rings. The van der Waals surface area contributed by atoms with Crippen molar-refractivity contribution in [2.24, 2.45) is 0 Å².